The molecular formula is C24H25FN6O. The van der Waals surface area contributed by atoms with Gasteiger partial charge in [0.25, 0.3) is 5.91 Å². The number of anilines is 1. The molecule has 32 heavy (non-hydrogen) atoms. The fraction of sp³-hybridized carbons (Fsp3) is 0.250. The quantitative estimate of drug-likeness (QED) is 0.405. The average Bonchev–Trinajstić information content (AvgIpc) is 3.25. The van der Waals surface area contributed by atoms with Crippen molar-refractivity contribution >= 4 is 22.8 Å². The number of carbonyl (C=O) groups is 1. The zero-order valence-corrected chi connectivity index (χ0v) is 18.0. The first-order valence-electron chi connectivity index (χ1n) is 10.7. The molecule has 0 aliphatic heterocycles. The van der Waals surface area contributed by atoms with E-state index in [9.17, 15) is 9.18 Å². The summed E-state index contributed by atoms with van der Waals surface area (Å²) < 4.78 is 15.1. The Morgan fingerprint density at radius 1 is 1.09 bits per heavy atom. The summed E-state index contributed by atoms with van der Waals surface area (Å²) >= 11 is 0. The second kappa shape index (κ2) is 9.55. The highest BCUT2D eigenvalue weighted by atomic mass is 19.1. The van der Waals surface area contributed by atoms with Crippen molar-refractivity contribution in [2.75, 3.05) is 18.4 Å². The van der Waals surface area contributed by atoms with Gasteiger partial charge in [0, 0.05) is 24.6 Å². The molecular weight excluding hydrogens is 407 g/mol. The van der Waals surface area contributed by atoms with Crippen LogP contribution in [0.25, 0.3) is 16.7 Å². The third-order valence-corrected chi connectivity index (χ3v) is 5.29. The summed E-state index contributed by atoms with van der Waals surface area (Å²) in [5, 5.41) is 11.4. The van der Waals surface area contributed by atoms with Crippen LogP contribution in [0.3, 0.4) is 0 Å². The lowest BCUT2D eigenvalue weighted by Gasteiger charge is -2.13. The summed E-state index contributed by atoms with van der Waals surface area (Å²) in [6.07, 6.45) is 2.66. The normalized spacial score (nSPS) is 12.0. The largest absolute Gasteiger partial charge is 0.368 e. The van der Waals surface area contributed by atoms with Gasteiger partial charge in [0.1, 0.15) is 17.5 Å². The fourth-order valence-electron chi connectivity index (χ4n) is 3.31. The van der Waals surface area contributed by atoms with E-state index in [1.165, 1.54) is 18.2 Å². The summed E-state index contributed by atoms with van der Waals surface area (Å²) in [7, 11) is 0. The van der Waals surface area contributed by atoms with Crippen LogP contribution in [0, 0.1) is 5.82 Å². The van der Waals surface area contributed by atoms with Crippen LogP contribution in [0.15, 0.2) is 60.8 Å². The van der Waals surface area contributed by atoms with Crippen molar-refractivity contribution in [1.29, 1.82) is 0 Å². The molecule has 2 aromatic carbocycles. The number of carbonyl (C=O) groups excluding carboxylic acids is 1. The van der Waals surface area contributed by atoms with E-state index < -0.39 is 5.82 Å². The zero-order chi connectivity index (χ0) is 22.5. The van der Waals surface area contributed by atoms with Gasteiger partial charge in [-0.3, -0.25) is 4.79 Å². The van der Waals surface area contributed by atoms with Gasteiger partial charge in [-0.1, -0.05) is 38.1 Å². The molecule has 0 aliphatic carbocycles. The Morgan fingerprint density at radius 2 is 1.91 bits per heavy atom. The summed E-state index contributed by atoms with van der Waals surface area (Å²) in [5.41, 5.74) is 1.94. The molecule has 1 amide bonds. The summed E-state index contributed by atoms with van der Waals surface area (Å²) in [5.74, 6) is 0.840. The van der Waals surface area contributed by atoms with Crippen LogP contribution in [-0.2, 0) is 0 Å². The third kappa shape index (κ3) is 4.59. The molecule has 4 aromatic rings. The Labute approximate surface area is 185 Å². The second-order valence-electron chi connectivity index (χ2n) is 7.56. The summed E-state index contributed by atoms with van der Waals surface area (Å²) in [6, 6.07) is 15.5. The van der Waals surface area contributed by atoms with Crippen LogP contribution in [0.4, 0.5) is 10.2 Å². The van der Waals surface area contributed by atoms with Gasteiger partial charge in [-0.2, -0.15) is 5.10 Å². The van der Waals surface area contributed by atoms with Crippen LogP contribution < -0.4 is 10.6 Å². The van der Waals surface area contributed by atoms with E-state index in [-0.39, 0.29) is 17.4 Å². The minimum atomic E-state index is -0.438. The smallest absolute Gasteiger partial charge is 0.251 e. The first-order valence-corrected chi connectivity index (χ1v) is 10.7. The SMILES string of the molecule is CC[C@H](C)c1nc(NCCNC(=O)c2cccc(F)c2)c2cnn(-c3ccccc3)c2n1. The van der Waals surface area contributed by atoms with Gasteiger partial charge in [-0.05, 0) is 36.8 Å². The summed E-state index contributed by atoms with van der Waals surface area (Å²) in [6.45, 7) is 4.99. The van der Waals surface area contributed by atoms with Crippen molar-refractivity contribution < 1.29 is 9.18 Å². The lowest BCUT2D eigenvalue weighted by atomic mass is 10.1. The molecule has 0 aliphatic rings. The van der Waals surface area contributed by atoms with Crippen molar-refractivity contribution in [2.45, 2.75) is 26.2 Å². The first-order chi connectivity index (χ1) is 15.6. The van der Waals surface area contributed by atoms with Crippen molar-refractivity contribution in [1.82, 2.24) is 25.1 Å². The first kappa shape index (κ1) is 21.4. The molecule has 2 N–H and O–H groups in total. The number of hydrogen-bond acceptors (Lipinski definition) is 5. The number of nitrogens with one attached hydrogen (secondary N) is 2. The molecule has 7 nitrogen and oxygen atoms in total. The van der Waals surface area contributed by atoms with Crippen LogP contribution in [0.2, 0.25) is 0 Å². The van der Waals surface area contributed by atoms with E-state index in [4.69, 9.17) is 9.97 Å². The van der Waals surface area contributed by atoms with Crippen molar-refractivity contribution in [2.24, 2.45) is 0 Å². The standard InChI is InChI=1S/C24H25FN6O/c1-3-16(2)21-29-22(26-12-13-27-24(32)17-8-7-9-18(25)14-17)20-15-28-31(23(20)30-21)19-10-5-4-6-11-19/h4-11,14-16H,3,12-13H2,1-2H3,(H,27,32)(H,26,29,30)/t16-/m0/s1. The van der Waals surface area contributed by atoms with Crippen LogP contribution in [0.1, 0.15) is 42.4 Å². The van der Waals surface area contributed by atoms with E-state index in [2.05, 4.69) is 29.6 Å². The highest BCUT2D eigenvalue weighted by molar-refractivity contribution is 5.94. The minimum Gasteiger partial charge on any atom is -0.368 e. The number of benzene rings is 2. The fourth-order valence-corrected chi connectivity index (χ4v) is 3.31. The Bertz CT molecular complexity index is 1220. The Morgan fingerprint density at radius 3 is 2.66 bits per heavy atom. The van der Waals surface area contributed by atoms with E-state index in [1.807, 2.05) is 30.3 Å². The Hall–Kier alpha value is -3.81. The minimum absolute atomic E-state index is 0.187. The molecule has 0 bridgehead atoms. The van der Waals surface area contributed by atoms with Gasteiger partial charge in [-0.15, -0.1) is 0 Å². The number of amides is 1. The molecule has 0 unspecified atom stereocenters. The number of fused-ring (bicyclic) bond motifs is 1. The van der Waals surface area contributed by atoms with Crippen molar-refractivity contribution in [3.05, 3.63) is 78.0 Å². The zero-order valence-electron chi connectivity index (χ0n) is 18.0. The van der Waals surface area contributed by atoms with E-state index in [0.717, 1.165) is 29.0 Å². The molecule has 2 heterocycles. The average molecular weight is 433 g/mol. The van der Waals surface area contributed by atoms with Crippen LogP contribution in [0.5, 0.6) is 0 Å². The number of para-hydroxylation sites is 1. The van der Waals surface area contributed by atoms with Crippen molar-refractivity contribution in [3.8, 4) is 5.69 Å². The molecule has 164 valence electrons. The van der Waals surface area contributed by atoms with Gasteiger partial charge >= 0.3 is 0 Å². The monoisotopic (exact) mass is 432 g/mol. The highest BCUT2D eigenvalue weighted by Crippen LogP contribution is 2.26. The molecule has 8 heteroatoms. The lowest BCUT2D eigenvalue weighted by molar-refractivity contribution is 0.0954. The Kier molecular flexibility index (Phi) is 6.39. The number of rotatable bonds is 8. The molecule has 0 radical (unpaired) electrons. The molecule has 0 saturated heterocycles. The van der Waals surface area contributed by atoms with Gasteiger partial charge < -0.3 is 10.6 Å². The summed E-state index contributed by atoms with van der Waals surface area (Å²) in [4.78, 5) is 21.7. The third-order valence-electron chi connectivity index (χ3n) is 5.29. The van der Waals surface area contributed by atoms with Crippen LogP contribution >= 0.6 is 0 Å². The van der Waals surface area contributed by atoms with E-state index in [1.54, 1.807) is 16.9 Å². The van der Waals surface area contributed by atoms with Gasteiger partial charge in [0.2, 0.25) is 0 Å². The topological polar surface area (TPSA) is 84.7 Å². The maximum absolute atomic E-state index is 13.3. The number of nitrogens with zero attached hydrogens (tertiary/aromatic N) is 4. The molecule has 4 rings (SSSR count). The lowest BCUT2D eigenvalue weighted by Crippen LogP contribution is -2.29. The van der Waals surface area contributed by atoms with Gasteiger partial charge in [-0.25, -0.2) is 19.0 Å². The molecule has 2 aromatic heterocycles. The number of hydrogen-bond donors (Lipinski definition) is 2. The van der Waals surface area contributed by atoms with Crippen LogP contribution in [-0.4, -0.2) is 38.7 Å². The molecule has 0 spiro atoms. The second-order valence-corrected chi connectivity index (χ2v) is 7.56. The van der Waals surface area contributed by atoms with Gasteiger partial charge in [0.15, 0.2) is 5.65 Å². The molecule has 0 fully saturated rings. The molecule has 0 saturated carbocycles. The van der Waals surface area contributed by atoms with E-state index in [0.29, 0.717) is 18.9 Å². The number of halogens is 1. The predicted molar refractivity (Wildman–Crippen MR) is 123 cm³/mol. The van der Waals surface area contributed by atoms with Gasteiger partial charge in [0.05, 0.1) is 17.3 Å². The molecule has 1 atom stereocenters. The predicted octanol–water partition coefficient (Wildman–Crippen LogP) is 4.31. The Balaban J connectivity index is 1.53. The maximum atomic E-state index is 13.3. The van der Waals surface area contributed by atoms with Crippen molar-refractivity contribution in [3.63, 3.8) is 0 Å². The highest BCUT2D eigenvalue weighted by Gasteiger charge is 2.16. The number of aromatic nitrogens is 4. The maximum Gasteiger partial charge on any atom is 0.251 e. The van der Waals surface area contributed by atoms with E-state index >= 15 is 0 Å².